The smallest absolute Gasteiger partial charge is 0.407 e. The molecule has 1 aliphatic rings. The van der Waals surface area contributed by atoms with Crippen LogP contribution in [0.1, 0.15) is 22.6 Å². The number of cyclic esters (lactones) is 1. The minimum absolute atomic E-state index is 0.163. The van der Waals surface area contributed by atoms with Gasteiger partial charge in [0.15, 0.2) is 0 Å². The van der Waals surface area contributed by atoms with Crippen LogP contribution in [0, 0.1) is 0 Å². The maximum Gasteiger partial charge on any atom is 0.407 e. The van der Waals surface area contributed by atoms with Crippen molar-refractivity contribution in [3.05, 3.63) is 71.3 Å². The second kappa shape index (κ2) is 7.42. The van der Waals surface area contributed by atoms with E-state index < -0.39 is 24.2 Å². The number of carbonyl (C=O) groups is 2. The Morgan fingerprint density at radius 1 is 1.12 bits per heavy atom. The molecule has 1 N–H and O–H groups in total. The van der Waals surface area contributed by atoms with Gasteiger partial charge in [0.2, 0.25) is 5.78 Å². The molecule has 0 spiro atoms. The molecule has 1 heterocycles. The Morgan fingerprint density at radius 3 is 2.48 bits per heavy atom. The molecule has 1 aliphatic heterocycles. The van der Waals surface area contributed by atoms with Crippen LogP contribution in [0.2, 0.25) is 0 Å². The van der Waals surface area contributed by atoms with Crippen molar-refractivity contribution in [2.45, 2.75) is 24.8 Å². The van der Waals surface area contributed by atoms with E-state index in [1.165, 1.54) is 0 Å². The first-order valence-electron chi connectivity index (χ1n) is 7.93. The Hall–Kier alpha value is -2.76. The Morgan fingerprint density at radius 2 is 1.84 bits per heavy atom. The van der Waals surface area contributed by atoms with E-state index >= 15 is 0 Å². The summed E-state index contributed by atoms with van der Waals surface area (Å²) < 4.78 is 31.1. The molecule has 4 nitrogen and oxygen atoms in total. The van der Waals surface area contributed by atoms with Gasteiger partial charge < -0.3 is 10.1 Å². The fraction of sp³-hybridized carbons (Fsp3) is 0.263. The third kappa shape index (κ3) is 4.02. The number of Topliss-reactive ketones (excluding diaryl/α,β-unsaturated/α-hetero) is 1. The van der Waals surface area contributed by atoms with Crippen molar-refractivity contribution in [1.82, 2.24) is 5.32 Å². The van der Waals surface area contributed by atoms with Crippen LogP contribution in [0.5, 0.6) is 0 Å². The van der Waals surface area contributed by atoms with Gasteiger partial charge in [-0.2, -0.15) is 0 Å². The molecule has 2 aromatic rings. The lowest BCUT2D eigenvalue weighted by molar-refractivity contribution is -0.130. The van der Waals surface area contributed by atoms with Crippen LogP contribution in [0.4, 0.5) is 13.6 Å². The van der Waals surface area contributed by atoms with Crippen LogP contribution in [-0.2, 0) is 16.0 Å². The van der Waals surface area contributed by atoms with Gasteiger partial charge in [-0.05, 0) is 23.1 Å². The highest BCUT2D eigenvalue weighted by atomic mass is 19.3. The van der Waals surface area contributed by atoms with Crippen LogP contribution in [0.3, 0.4) is 0 Å². The van der Waals surface area contributed by atoms with Gasteiger partial charge >= 0.3 is 6.09 Å². The Kier molecular flexibility index (Phi) is 5.07. The monoisotopic (exact) mass is 345 g/mol. The second-order valence-electron chi connectivity index (χ2n) is 5.94. The summed E-state index contributed by atoms with van der Waals surface area (Å²) in [6, 6.07) is 15.4. The van der Waals surface area contributed by atoms with E-state index in [0.29, 0.717) is 17.5 Å². The van der Waals surface area contributed by atoms with Gasteiger partial charge in [-0.15, -0.1) is 0 Å². The molecule has 0 saturated carbocycles. The van der Waals surface area contributed by atoms with Crippen LogP contribution in [0.15, 0.2) is 54.6 Å². The molecule has 0 aromatic heterocycles. The maximum atomic E-state index is 13.1. The number of carbonyl (C=O) groups excluding carboxylic acids is 2. The fourth-order valence-corrected chi connectivity index (χ4v) is 3.01. The minimum Gasteiger partial charge on any atom is -0.447 e. The quantitative estimate of drug-likeness (QED) is 0.874. The Balaban J connectivity index is 1.89. The average Bonchev–Trinajstić information content (AvgIpc) is 3.01. The lowest BCUT2D eigenvalue weighted by Gasteiger charge is -2.18. The molecule has 1 unspecified atom stereocenters. The van der Waals surface area contributed by atoms with Gasteiger partial charge in [0.05, 0.1) is 12.0 Å². The lowest BCUT2D eigenvalue weighted by Crippen LogP contribution is -2.28. The van der Waals surface area contributed by atoms with E-state index in [1.807, 2.05) is 6.07 Å². The number of hydrogen-bond acceptors (Lipinski definition) is 3. The van der Waals surface area contributed by atoms with Gasteiger partial charge in [0.25, 0.3) is 6.43 Å². The van der Waals surface area contributed by atoms with E-state index in [-0.39, 0.29) is 12.6 Å². The first-order valence-corrected chi connectivity index (χ1v) is 7.93. The fourth-order valence-electron chi connectivity index (χ4n) is 3.01. The number of nitrogens with one attached hydrogen (secondary N) is 1. The summed E-state index contributed by atoms with van der Waals surface area (Å²) >= 11 is 0. The second-order valence-corrected chi connectivity index (χ2v) is 5.94. The largest absolute Gasteiger partial charge is 0.447 e. The molecule has 1 fully saturated rings. The van der Waals surface area contributed by atoms with E-state index in [0.717, 1.165) is 5.56 Å². The summed E-state index contributed by atoms with van der Waals surface area (Å²) in [5.74, 6) is -2.14. The molecule has 2 atom stereocenters. The van der Waals surface area contributed by atoms with Crippen LogP contribution < -0.4 is 5.32 Å². The predicted octanol–water partition coefficient (Wildman–Crippen LogP) is 3.30. The summed E-state index contributed by atoms with van der Waals surface area (Å²) in [5, 5.41) is 2.68. The van der Waals surface area contributed by atoms with Gasteiger partial charge in [-0.1, -0.05) is 54.6 Å². The third-order valence-electron chi connectivity index (χ3n) is 4.14. The van der Waals surface area contributed by atoms with Crippen molar-refractivity contribution in [2.24, 2.45) is 0 Å². The van der Waals surface area contributed by atoms with Crippen molar-refractivity contribution >= 4 is 11.9 Å². The molecule has 3 rings (SSSR count). The number of amides is 1. The number of ketones is 1. The molecule has 1 saturated heterocycles. The van der Waals surface area contributed by atoms with E-state index in [9.17, 15) is 18.4 Å². The molecule has 130 valence electrons. The number of alkyl halides is 2. The van der Waals surface area contributed by atoms with Gasteiger partial charge in [-0.3, -0.25) is 4.79 Å². The predicted molar refractivity (Wildman–Crippen MR) is 87.7 cm³/mol. The van der Waals surface area contributed by atoms with Crippen LogP contribution in [0.25, 0.3) is 0 Å². The lowest BCUT2D eigenvalue weighted by atomic mass is 9.86. The first kappa shape index (κ1) is 17.1. The van der Waals surface area contributed by atoms with Crippen LogP contribution in [-0.4, -0.2) is 31.0 Å². The highest BCUT2D eigenvalue weighted by molar-refractivity contribution is 5.91. The van der Waals surface area contributed by atoms with Crippen molar-refractivity contribution in [3.63, 3.8) is 0 Å². The molecule has 0 radical (unpaired) electrons. The third-order valence-corrected chi connectivity index (χ3v) is 4.14. The molecule has 6 heteroatoms. The molecule has 0 aliphatic carbocycles. The maximum absolute atomic E-state index is 13.1. The first-order chi connectivity index (χ1) is 12.0. The van der Waals surface area contributed by atoms with Crippen molar-refractivity contribution in [1.29, 1.82) is 0 Å². The van der Waals surface area contributed by atoms with Crippen molar-refractivity contribution in [3.8, 4) is 0 Å². The van der Waals surface area contributed by atoms with Gasteiger partial charge in [0, 0.05) is 0 Å². The summed E-state index contributed by atoms with van der Waals surface area (Å²) in [5.41, 5.74) is 1.89. The normalized spacial score (nSPS) is 17.9. The summed E-state index contributed by atoms with van der Waals surface area (Å²) in [6.45, 7) is 0.265. The number of ether oxygens (including phenoxy) is 1. The van der Waals surface area contributed by atoms with E-state index in [2.05, 4.69) is 5.32 Å². The Labute approximate surface area is 143 Å². The molecule has 2 aromatic carbocycles. The standard InChI is InChI=1S/C19H17F2NO3/c20-18(21)17(23)16(13-6-2-1-3-7-13)14-8-4-5-12(9-14)10-15-11-25-19(24)22-15/h1-9,15-16,18H,10-11H2,(H,22,24)/t15-,16?/m0/s1. The van der Waals surface area contributed by atoms with Gasteiger partial charge in [-0.25, -0.2) is 13.6 Å². The highest BCUT2D eigenvalue weighted by Crippen LogP contribution is 2.29. The zero-order chi connectivity index (χ0) is 17.8. The van der Waals surface area contributed by atoms with Crippen molar-refractivity contribution < 1.29 is 23.1 Å². The van der Waals surface area contributed by atoms with Crippen molar-refractivity contribution in [2.75, 3.05) is 6.61 Å². The van der Waals surface area contributed by atoms with E-state index in [4.69, 9.17) is 4.74 Å². The van der Waals surface area contributed by atoms with Gasteiger partial charge in [0.1, 0.15) is 6.61 Å². The zero-order valence-electron chi connectivity index (χ0n) is 13.3. The zero-order valence-corrected chi connectivity index (χ0v) is 13.3. The number of benzene rings is 2. The number of halogens is 2. The SMILES string of the molecule is O=C1N[C@@H](Cc2cccc(C(C(=O)C(F)F)c3ccccc3)c2)CO1. The molecule has 0 bridgehead atoms. The Bertz CT molecular complexity index is 764. The number of alkyl carbamates (subject to hydrolysis) is 1. The highest BCUT2D eigenvalue weighted by Gasteiger charge is 2.30. The number of rotatable bonds is 6. The molecular formula is C19H17F2NO3. The van der Waals surface area contributed by atoms with Crippen LogP contribution >= 0.6 is 0 Å². The summed E-state index contributed by atoms with van der Waals surface area (Å²) in [4.78, 5) is 23.2. The topological polar surface area (TPSA) is 55.4 Å². The average molecular weight is 345 g/mol. The summed E-state index contributed by atoms with van der Waals surface area (Å²) in [7, 11) is 0. The minimum atomic E-state index is -3.05. The molecular weight excluding hydrogens is 328 g/mol. The van der Waals surface area contributed by atoms with E-state index in [1.54, 1.807) is 48.5 Å². The summed E-state index contributed by atoms with van der Waals surface area (Å²) in [6.07, 6.45) is -3.00. The number of hydrogen-bond donors (Lipinski definition) is 1. The molecule has 25 heavy (non-hydrogen) atoms. The molecule has 1 amide bonds.